The SMILES string of the molecule is Cl.Cl.Fc1cc([C@H](C2CCC2)N2CCNCC2)cc(C(F)(F)F)c1. The molecule has 1 saturated heterocycles. The van der Waals surface area contributed by atoms with Gasteiger partial charge in [0.05, 0.1) is 5.56 Å². The maximum absolute atomic E-state index is 13.7. The Balaban J connectivity index is 0.00000144. The van der Waals surface area contributed by atoms with Gasteiger partial charge in [0, 0.05) is 32.2 Å². The van der Waals surface area contributed by atoms with E-state index in [1.807, 2.05) is 0 Å². The molecule has 0 unspecified atom stereocenters. The lowest BCUT2D eigenvalue weighted by atomic mass is 9.76. The molecule has 1 aliphatic carbocycles. The molecule has 3 rings (SSSR count). The highest BCUT2D eigenvalue weighted by Crippen LogP contribution is 2.43. The number of hydrogen-bond acceptors (Lipinski definition) is 2. The van der Waals surface area contributed by atoms with Crippen molar-refractivity contribution in [1.29, 1.82) is 0 Å². The first-order chi connectivity index (χ1) is 10.4. The largest absolute Gasteiger partial charge is 0.416 e. The third-order valence-corrected chi connectivity index (χ3v) is 4.73. The molecule has 8 heteroatoms. The van der Waals surface area contributed by atoms with Crippen molar-refractivity contribution < 1.29 is 17.6 Å². The molecule has 1 aromatic rings. The minimum Gasteiger partial charge on any atom is -0.314 e. The number of benzene rings is 1. The summed E-state index contributed by atoms with van der Waals surface area (Å²) in [5.41, 5.74) is -0.416. The Hall–Kier alpha value is -0.560. The van der Waals surface area contributed by atoms with E-state index < -0.39 is 17.6 Å². The summed E-state index contributed by atoms with van der Waals surface area (Å²) in [5, 5.41) is 3.25. The molecule has 1 atom stereocenters. The third kappa shape index (κ3) is 4.75. The quantitative estimate of drug-likeness (QED) is 0.770. The summed E-state index contributed by atoms with van der Waals surface area (Å²) in [6.07, 6.45) is -1.39. The van der Waals surface area contributed by atoms with Crippen LogP contribution in [0.5, 0.6) is 0 Å². The monoisotopic (exact) mass is 388 g/mol. The fraction of sp³-hybridized carbons (Fsp3) is 0.625. The molecule has 0 radical (unpaired) electrons. The minimum atomic E-state index is -4.51. The van der Waals surface area contributed by atoms with Crippen molar-refractivity contribution >= 4 is 24.8 Å². The summed E-state index contributed by atoms with van der Waals surface area (Å²) in [6, 6.07) is 2.89. The van der Waals surface area contributed by atoms with Gasteiger partial charge in [-0.05, 0) is 42.5 Å². The van der Waals surface area contributed by atoms with Crippen LogP contribution in [0.3, 0.4) is 0 Å². The fourth-order valence-corrected chi connectivity index (χ4v) is 3.44. The Kier molecular flexibility index (Phi) is 7.78. The van der Waals surface area contributed by atoms with Gasteiger partial charge in [-0.25, -0.2) is 4.39 Å². The van der Waals surface area contributed by atoms with Crippen LogP contribution in [-0.4, -0.2) is 31.1 Å². The van der Waals surface area contributed by atoms with Crippen LogP contribution in [0.2, 0.25) is 0 Å². The molecule has 1 aliphatic heterocycles. The highest BCUT2D eigenvalue weighted by Gasteiger charge is 2.36. The normalized spacial score (nSPS) is 20.5. The van der Waals surface area contributed by atoms with Crippen LogP contribution in [-0.2, 0) is 6.18 Å². The van der Waals surface area contributed by atoms with Gasteiger partial charge in [0.1, 0.15) is 5.82 Å². The zero-order valence-electron chi connectivity index (χ0n) is 13.1. The number of alkyl halides is 3. The topological polar surface area (TPSA) is 15.3 Å². The molecule has 1 heterocycles. The Morgan fingerprint density at radius 2 is 1.67 bits per heavy atom. The molecule has 2 fully saturated rings. The first-order valence-electron chi connectivity index (χ1n) is 7.77. The summed E-state index contributed by atoms with van der Waals surface area (Å²) in [6.45, 7) is 3.23. The maximum atomic E-state index is 13.7. The van der Waals surface area contributed by atoms with Crippen molar-refractivity contribution in [3.63, 3.8) is 0 Å². The summed E-state index contributed by atoms with van der Waals surface area (Å²) in [4.78, 5) is 2.20. The van der Waals surface area contributed by atoms with Crippen LogP contribution in [0.1, 0.15) is 36.4 Å². The molecule has 24 heavy (non-hydrogen) atoms. The number of nitrogens with one attached hydrogen (secondary N) is 1. The van der Waals surface area contributed by atoms with Gasteiger partial charge in [-0.3, -0.25) is 4.90 Å². The predicted octanol–water partition coefficient (Wildman–Crippen LogP) is 4.43. The second-order valence-corrected chi connectivity index (χ2v) is 6.19. The summed E-state index contributed by atoms with van der Waals surface area (Å²) in [7, 11) is 0. The lowest BCUT2D eigenvalue weighted by molar-refractivity contribution is -0.137. The van der Waals surface area contributed by atoms with Gasteiger partial charge in [0.25, 0.3) is 0 Å². The van der Waals surface area contributed by atoms with Gasteiger partial charge < -0.3 is 5.32 Å². The van der Waals surface area contributed by atoms with Gasteiger partial charge in [-0.15, -0.1) is 24.8 Å². The van der Waals surface area contributed by atoms with Crippen LogP contribution >= 0.6 is 24.8 Å². The van der Waals surface area contributed by atoms with Crippen LogP contribution in [0.25, 0.3) is 0 Å². The summed E-state index contributed by atoms with van der Waals surface area (Å²) >= 11 is 0. The van der Waals surface area contributed by atoms with Crippen molar-refractivity contribution in [3.05, 3.63) is 35.1 Å². The molecule has 0 aromatic heterocycles. The van der Waals surface area contributed by atoms with E-state index in [0.717, 1.165) is 51.5 Å². The van der Waals surface area contributed by atoms with E-state index in [0.29, 0.717) is 17.5 Å². The molecular weight excluding hydrogens is 367 g/mol. The van der Waals surface area contributed by atoms with Crippen molar-refractivity contribution in [3.8, 4) is 0 Å². The third-order valence-electron chi connectivity index (χ3n) is 4.73. The second-order valence-electron chi connectivity index (χ2n) is 6.19. The molecule has 1 N–H and O–H groups in total. The van der Waals surface area contributed by atoms with Crippen LogP contribution in [0.15, 0.2) is 18.2 Å². The molecule has 0 spiro atoms. The predicted molar refractivity (Wildman–Crippen MR) is 90.4 cm³/mol. The van der Waals surface area contributed by atoms with Crippen molar-refractivity contribution in [2.75, 3.05) is 26.2 Å². The Bertz CT molecular complexity index is 529. The van der Waals surface area contributed by atoms with E-state index in [-0.39, 0.29) is 30.9 Å². The smallest absolute Gasteiger partial charge is 0.314 e. The maximum Gasteiger partial charge on any atom is 0.416 e. The first kappa shape index (κ1) is 21.5. The number of rotatable bonds is 3. The lowest BCUT2D eigenvalue weighted by Crippen LogP contribution is -2.47. The van der Waals surface area contributed by atoms with Crippen molar-refractivity contribution in [2.45, 2.75) is 31.5 Å². The lowest BCUT2D eigenvalue weighted by Gasteiger charge is -2.43. The fourth-order valence-electron chi connectivity index (χ4n) is 3.44. The standard InChI is InChI=1S/C16H20F4N2.2ClH/c17-14-9-12(8-13(10-14)16(18,19)20)15(11-2-1-3-11)22-6-4-21-5-7-22;;/h8-11,15,21H,1-7H2;2*1H/t15-;;/m0../s1. The van der Waals surface area contributed by atoms with Crippen LogP contribution in [0.4, 0.5) is 17.6 Å². The number of halogens is 6. The van der Waals surface area contributed by atoms with Gasteiger partial charge in [0.2, 0.25) is 0 Å². The van der Waals surface area contributed by atoms with E-state index >= 15 is 0 Å². The molecular formula is C16H22Cl2F4N2. The van der Waals surface area contributed by atoms with Crippen molar-refractivity contribution in [1.82, 2.24) is 10.2 Å². The van der Waals surface area contributed by atoms with Crippen LogP contribution in [0, 0.1) is 11.7 Å². The highest BCUT2D eigenvalue weighted by molar-refractivity contribution is 5.85. The first-order valence-corrected chi connectivity index (χ1v) is 7.77. The molecule has 2 aliphatic rings. The van der Waals surface area contributed by atoms with Crippen LogP contribution < -0.4 is 5.32 Å². The van der Waals surface area contributed by atoms with E-state index in [9.17, 15) is 17.6 Å². The zero-order chi connectivity index (χ0) is 15.7. The van der Waals surface area contributed by atoms with Gasteiger partial charge in [-0.1, -0.05) is 6.42 Å². The average molecular weight is 389 g/mol. The number of piperazine rings is 1. The molecule has 1 aromatic carbocycles. The zero-order valence-corrected chi connectivity index (χ0v) is 14.7. The molecule has 2 nitrogen and oxygen atoms in total. The summed E-state index contributed by atoms with van der Waals surface area (Å²) in [5.74, 6) is -0.467. The highest BCUT2D eigenvalue weighted by atomic mass is 35.5. The Morgan fingerprint density at radius 3 is 2.17 bits per heavy atom. The number of nitrogens with zero attached hydrogens (tertiary/aromatic N) is 1. The van der Waals surface area contributed by atoms with Gasteiger partial charge in [-0.2, -0.15) is 13.2 Å². The average Bonchev–Trinajstić information content (AvgIpc) is 2.42. The molecule has 0 amide bonds. The van der Waals surface area contributed by atoms with E-state index in [2.05, 4.69) is 10.2 Å². The molecule has 138 valence electrons. The minimum absolute atomic E-state index is 0. The second kappa shape index (κ2) is 8.70. The molecule has 0 bridgehead atoms. The van der Waals surface area contributed by atoms with Gasteiger partial charge in [0.15, 0.2) is 0 Å². The Labute approximate surface area is 151 Å². The Morgan fingerprint density at radius 1 is 1.04 bits per heavy atom. The van der Waals surface area contributed by atoms with Crippen molar-refractivity contribution in [2.24, 2.45) is 5.92 Å². The van der Waals surface area contributed by atoms with E-state index in [4.69, 9.17) is 0 Å². The molecule has 1 saturated carbocycles. The van der Waals surface area contributed by atoms with Gasteiger partial charge >= 0.3 is 6.18 Å². The number of hydrogen-bond donors (Lipinski definition) is 1. The van der Waals surface area contributed by atoms with E-state index in [1.165, 1.54) is 6.07 Å². The summed E-state index contributed by atoms with van der Waals surface area (Å²) < 4.78 is 52.6. The van der Waals surface area contributed by atoms with E-state index in [1.54, 1.807) is 0 Å².